The minimum atomic E-state index is 0.552. The fourth-order valence-electron chi connectivity index (χ4n) is 7.84. The van der Waals surface area contributed by atoms with Crippen LogP contribution in [0.3, 0.4) is 0 Å². The normalized spacial score (nSPS) is 11.5. The predicted molar refractivity (Wildman–Crippen MR) is 231 cm³/mol. The van der Waals surface area contributed by atoms with Crippen LogP contribution in [0.2, 0.25) is 0 Å². The van der Waals surface area contributed by atoms with Crippen molar-refractivity contribution < 1.29 is 8.83 Å². The van der Waals surface area contributed by atoms with Gasteiger partial charge in [-0.25, -0.2) is 15.0 Å². The number of hydrogen-bond donors (Lipinski definition) is 0. The van der Waals surface area contributed by atoms with Gasteiger partial charge in [0, 0.05) is 49.6 Å². The highest BCUT2D eigenvalue weighted by molar-refractivity contribution is 6.12. The molecular formula is C51H32N4O2. The van der Waals surface area contributed by atoms with Gasteiger partial charge in [-0.05, 0) is 65.7 Å². The molecule has 0 saturated heterocycles. The van der Waals surface area contributed by atoms with E-state index in [1.807, 2.05) is 78.9 Å². The van der Waals surface area contributed by atoms with E-state index in [0.29, 0.717) is 17.5 Å². The third-order valence-electron chi connectivity index (χ3n) is 10.5. The summed E-state index contributed by atoms with van der Waals surface area (Å²) >= 11 is 0. The van der Waals surface area contributed by atoms with Crippen LogP contribution < -0.4 is 4.90 Å². The van der Waals surface area contributed by atoms with E-state index in [1.165, 1.54) is 5.56 Å². The largest absolute Gasteiger partial charge is 0.456 e. The van der Waals surface area contributed by atoms with Crippen LogP contribution in [0, 0.1) is 0 Å². The molecule has 0 amide bonds. The molecule has 8 aromatic carbocycles. The molecule has 11 rings (SSSR count). The highest BCUT2D eigenvalue weighted by Gasteiger charge is 2.21. The molecule has 6 heteroatoms. The first kappa shape index (κ1) is 32.6. The Morgan fingerprint density at radius 3 is 1.72 bits per heavy atom. The molecule has 0 bridgehead atoms. The van der Waals surface area contributed by atoms with E-state index in [0.717, 1.165) is 83.2 Å². The van der Waals surface area contributed by atoms with E-state index in [2.05, 4.69) is 120 Å². The molecule has 268 valence electrons. The number of fused-ring (bicyclic) bond motifs is 6. The highest BCUT2D eigenvalue weighted by Crippen LogP contribution is 2.43. The van der Waals surface area contributed by atoms with Crippen molar-refractivity contribution in [3.63, 3.8) is 0 Å². The van der Waals surface area contributed by atoms with E-state index in [9.17, 15) is 0 Å². The van der Waals surface area contributed by atoms with Crippen LogP contribution in [0.4, 0.5) is 17.1 Å². The molecule has 11 aromatic rings. The monoisotopic (exact) mass is 732 g/mol. The minimum Gasteiger partial charge on any atom is -0.456 e. The molecule has 3 heterocycles. The maximum Gasteiger partial charge on any atom is 0.164 e. The maximum atomic E-state index is 6.86. The van der Waals surface area contributed by atoms with Crippen LogP contribution >= 0.6 is 0 Å². The lowest BCUT2D eigenvalue weighted by Crippen LogP contribution is -2.10. The van der Waals surface area contributed by atoms with Crippen LogP contribution in [-0.2, 0) is 0 Å². The van der Waals surface area contributed by atoms with Crippen molar-refractivity contribution in [3.8, 4) is 45.3 Å². The van der Waals surface area contributed by atoms with Gasteiger partial charge in [0.25, 0.3) is 0 Å². The number of aromatic nitrogens is 3. The summed E-state index contributed by atoms with van der Waals surface area (Å²) in [7, 11) is 0. The van der Waals surface area contributed by atoms with E-state index in [4.69, 9.17) is 23.8 Å². The number of anilines is 3. The van der Waals surface area contributed by atoms with Crippen LogP contribution in [0.25, 0.3) is 89.2 Å². The topological polar surface area (TPSA) is 68.2 Å². The summed E-state index contributed by atoms with van der Waals surface area (Å²) in [6.07, 6.45) is 0. The fourth-order valence-corrected chi connectivity index (χ4v) is 7.84. The standard InChI is InChI=1S/C51H32N4O2/c1-4-14-33(15-5-1)34-26-29-38(30-27-34)55(37-18-8-3-9-19-37)43-23-12-21-40-39-31-28-36(32-46(39)57-48(40)43)50-52-49(35-16-6-2-7-17-35)53-51(54-50)42-22-13-25-45-47(42)41-20-10-11-24-44(41)56-45/h1-32H. The first-order valence-electron chi connectivity index (χ1n) is 18.9. The Labute approximate surface area is 328 Å². The Morgan fingerprint density at radius 1 is 0.351 bits per heavy atom. The Bertz CT molecular complexity index is 3230. The zero-order valence-electron chi connectivity index (χ0n) is 30.6. The van der Waals surface area contributed by atoms with Crippen molar-refractivity contribution in [1.82, 2.24) is 15.0 Å². The summed E-state index contributed by atoms with van der Waals surface area (Å²) in [6, 6.07) is 66.2. The van der Waals surface area contributed by atoms with Crippen LogP contribution in [0.5, 0.6) is 0 Å². The number of para-hydroxylation sites is 3. The third-order valence-corrected chi connectivity index (χ3v) is 10.5. The molecular weight excluding hydrogens is 701 g/mol. The zero-order valence-corrected chi connectivity index (χ0v) is 30.6. The summed E-state index contributed by atoms with van der Waals surface area (Å²) in [4.78, 5) is 17.5. The third kappa shape index (κ3) is 5.70. The van der Waals surface area contributed by atoms with Crippen molar-refractivity contribution >= 4 is 60.9 Å². The average molecular weight is 733 g/mol. The Morgan fingerprint density at radius 2 is 0.930 bits per heavy atom. The molecule has 3 aromatic heterocycles. The lowest BCUT2D eigenvalue weighted by atomic mass is 10.0. The zero-order chi connectivity index (χ0) is 37.7. The Hall–Kier alpha value is -7.83. The van der Waals surface area contributed by atoms with E-state index < -0.39 is 0 Å². The van der Waals surface area contributed by atoms with Gasteiger partial charge >= 0.3 is 0 Å². The predicted octanol–water partition coefficient (Wildman–Crippen LogP) is 13.8. The molecule has 0 spiro atoms. The summed E-state index contributed by atoms with van der Waals surface area (Å²) in [6.45, 7) is 0. The first-order valence-corrected chi connectivity index (χ1v) is 18.9. The van der Waals surface area contributed by atoms with Gasteiger partial charge < -0.3 is 13.7 Å². The average Bonchev–Trinajstić information content (AvgIpc) is 3.86. The van der Waals surface area contributed by atoms with Crippen LogP contribution in [0.15, 0.2) is 203 Å². The molecule has 6 nitrogen and oxygen atoms in total. The second-order valence-electron chi connectivity index (χ2n) is 14.0. The SMILES string of the molecule is c1ccc(-c2ccc(N(c3ccccc3)c3cccc4c3oc3cc(-c5nc(-c6ccccc6)nc(-c6cccc7oc8ccccc8c67)n5)ccc34)cc2)cc1. The molecule has 0 fully saturated rings. The number of hydrogen-bond acceptors (Lipinski definition) is 6. The molecule has 0 saturated carbocycles. The van der Waals surface area contributed by atoms with E-state index in [-0.39, 0.29) is 0 Å². The molecule has 0 unspecified atom stereocenters. The van der Waals surface area contributed by atoms with Gasteiger partial charge in [0.15, 0.2) is 23.1 Å². The quantitative estimate of drug-likeness (QED) is 0.162. The van der Waals surface area contributed by atoms with Gasteiger partial charge in [0.2, 0.25) is 0 Å². The lowest BCUT2D eigenvalue weighted by Gasteiger charge is -2.25. The molecule has 0 aliphatic heterocycles. The van der Waals surface area contributed by atoms with Crippen LogP contribution in [-0.4, -0.2) is 15.0 Å². The van der Waals surface area contributed by atoms with Crippen molar-refractivity contribution in [2.75, 3.05) is 4.90 Å². The molecule has 0 aliphatic rings. The molecule has 0 radical (unpaired) electrons. The molecule has 0 atom stereocenters. The Balaban J connectivity index is 1.06. The number of furan rings is 2. The number of nitrogens with zero attached hydrogens (tertiary/aromatic N) is 4. The smallest absolute Gasteiger partial charge is 0.164 e. The number of benzene rings is 8. The molecule has 57 heavy (non-hydrogen) atoms. The van der Waals surface area contributed by atoms with Gasteiger partial charge in [-0.2, -0.15) is 0 Å². The summed E-state index contributed by atoms with van der Waals surface area (Å²) in [5.74, 6) is 1.71. The van der Waals surface area contributed by atoms with Gasteiger partial charge in [0.1, 0.15) is 16.7 Å². The van der Waals surface area contributed by atoms with Crippen molar-refractivity contribution in [3.05, 3.63) is 194 Å². The Kier molecular flexibility index (Phi) is 7.71. The second-order valence-corrected chi connectivity index (χ2v) is 14.0. The highest BCUT2D eigenvalue weighted by atomic mass is 16.3. The first-order chi connectivity index (χ1) is 28.2. The van der Waals surface area contributed by atoms with Gasteiger partial charge in [-0.3, -0.25) is 0 Å². The fraction of sp³-hybridized carbons (Fsp3) is 0. The molecule has 0 N–H and O–H groups in total. The lowest BCUT2D eigenvalue weighted by molar-refractivity contribution is 0.668. The van der Waals surface area contributed by atoms with Crippen molar-refractivity contribution in [1.29, 1.82) is 0 Å². The number of rotatable bonds is 7. The van der Waals surface area contributed by atoms with Gasteiger partial charge in [-0.15, -0.1) is 0 Å². The summed E-state index contributed by atoms with van der Waals surface area (Å²) in [5, 5.41) is 4.02. The van der Waals surface area contributed by atoms with E-state index >= 15 is 0 Å². The van der Waals surface area contributed by atoms with Gasteiger partial charge in [-0.1, -0.05) is 140 Å². The van der Waals surface area contributed by atoms with Crippen LogP contribution in [0.1, 0.15) is 0 Å². The molecule has 0 aliphatic carbocycles. The van der Waals surface area contributed by atoms with Crippen molar-refractivity contribution in [2.45, 2.75) is 0 Å². The van der Waals surface area contributed by atoms with Gasteiger partial charge in [0.05, 0.1) is 5.69 Å². The second kappa shape index (κ2) is 13.5. The van der Waals surface area contributed by atoms with Crippen molar-refractivity contribution in [2.24, 2.45) is 0 Å². The summed E-state index contributed by atoms with van der Waals surface area (Å²) in [5.41, 5.74) is 11.1. The van der Waals surface area contributed by atoms with E-state index in [1.54, 1.807) is 0 Å². The summed E-state index contributed by atoms with van der Waals surface area (Å²) < 4.78 is 13.1. The minimum absolute atomic E-state index is 0.552. The maximum absolute atomic E-state index is 6.86.